The van der Waals surface area contributed by atoms with Crippen LogP contribution in [0.15, 0.2) is 0 Å². The second kappa shape index (κ2) is 5.46. The molecule has 0 saturated heterocycles. The van der Waals surface area contributed by atoms with Gasteiger partial charge >= 0.3 is 7.60 Å². The summed E-state index contributed by atoms with van der Waals surface area (Å²) >= 11 is 0. The highest BCUT2D eigenvalue weighted by Gasteiger charge is 2.33. The molecule has 88 valence electrons. The SMILES string of the molecule is BC1CC(O)C(OCP(=O)(OC)OC)C1. The highest BCUT2D eigenvalue weighted by molar-refractivity contribution is 7.53. The summed E-state index contributed by atoms with van der Waals surface area (Å²) in [5.41, 5.74) is 0. The van der Waals surface area contributed by atoms with Crippen LogP contribution in [-0.4, -0.2) is 45.7 Å². The van der Waals surface area contributed by atoms with E-state index in [9.17, 15) is 9.67 Å². The summed E-state index contributed by atoms with van der Waals surface area (Å²) in [7, 11) is 1.58. The van der Waals surface area contributed by atoms with Crippen molar-refractivity contribution in [2.45, 2.75) is 30.9 Å². The van der Waals surface area contributed by atoms with Crippen molar-refractivity contribution in [3.05, 3.63) is 0 Å². The molecule has 0 heterocycles. The van der Waals surface area contributed by atoms with Crippen molar-refractivity contribution in [1.29, 1.82) is 0 Å². The van der Waals surface area contributed by atoms with Gasteiger partial charge in [0.15, 0.2) is 0 Å². The lowest BCUT2D eigenvalue weighted by molar-refractivity contribution is -0.00568. The Bertz CT molecular complexity index is 241. The van der Waals surface area contributed by atoms with Crippen molar-refractivity contribution in [1.82, 2.24) is 0 Å². The van der Waals surface area contributed by atoms with E-state index in [2.05, 4.69) is 7.85 Å². The van der Waals surface area contributed by atoms with E-state index in [0.717, 1.165) is 12.8 Å². The average Bonchev–Trinajstić information content (AvgIpc) is 2.54. The predicted octanol–water partition coefficient (Wildman–Crippen LogP) is 0.391. The Morgan fingerprint density at radius 3 is 2.40 bits per heavy atom. The van der Waals surface area contributed by atoms with Crippen LogP contribution in [-0.2, 0) is 18.3 Å². The minimum Gasteiger partial charge on any atom is -0.390 e. The van der Waals surface area contributed by atoms with Crippen LogP contribution in [0.2, 0.25) is 5.82 Å². The second-order valence-electron chi connectivity index (χ2n) is 3.95. The van der Waals surface area contributed by atoms with E-state index in [1.165, 1.54) is 14.2 Å². The lowest BCUT2D eigenvalue weighted by Gasteiger charge is -2.19. The van der Waals surface area contributed by atoms with E-state index in [1.54, 1.807) is 0 Å². The van der Waals surface area contributed by atoms with E-state index >= 15 is 0 Å². The van der Waals surface area contributed by atoms with Gasteiger partial charge in [0.2, 0.25) is 0 Å². The fourth-order valence-corrected chi connectivity index (χ4v) is 2.49. The second-order valence-corrected chi connectivity index (χ2v) is 6.16. The zero-order valence-electron chi connectivity index (χ0n) is 9.38. The Morgan fingerprint density at radius 2 is 2.00 bits per heavy atom. The fourth-order valence-electron chi connectivity index (χ4n) is 1.76. The van der Waals surface area contributed by atoms with Crippen LogP contribution in [0, 0.1) is 0 Å². The van der Waals surface area contributed by atoms with Crippen LogP contribution in [0.4, 0.5) is 0 Å². The molecule has 0 aromatic heterocycles. The van der Waals surface area contributed by atoms with E-state index in [0.29, 0.717) is 5.82 Å². The average molecular weight is 236 g/mol. The lowest BCUT2D eigenvalue weighted by atomic mass is 9.86. The smallest absolute Gasteiger partial charge is 0.355 e. The molecule has 1 fully saturated rings. The highest BCUT2D eigenvalue weighted by Crippen LogP contribution is 2.47. The van der Waals surface area contributed by atoms with Crippen LogP contribution in [0.25, 0.3) is 0 Å². The van der Waals surface area contributed by atoms with Crippen LogP contribution >= 0.6 is 7.60 Å². The number of aliphatic hydroxyl groups excluding tert-OH is 1. The minimum absolute atomic E-state index is 0.103. The number of hydrogen-bond acceptors (Lipinski definition) is 5. The van der Waals surface area contributed by atoms with Crippen molar-refractivity contribution < 1.29 is 23.5 Å². The highest BCUT2D eigenvalue weighted by atomic mass is 31.2. The molecule has 1 aliphatic rings. The van der Waals surface area contributed by atoms with Crippen LogP contribution < -0.4 is 0 Å². The van der Waals surface area contributed by atoms with Gasteiger partial charge in [-0.15, -0.1) is 0 Å². The molecule has 0 aromatic carbocycles. The first-order valence-corrected chi connectivity index (χ1v) is 6.73. The molecule has 1 saturated carbocycles. The zero-order valence-corrected chi connectivity index (χ0v) is 10.3. The number of hydrogen-bond donors (Lipinski definition) is 1. The van der Waals surface area contributed by atoms with Gasteiger partial charge in [-0.2, -0.15) is 0 Å². The minimum atomic E-state index is -3.11. The third kappa shape index (κ3) is 3.57. The molecule has 0 aromatic rings. The summed E-state index contributed by atoms with van der Waals surface area (Å²) < 4.78 is 26.5. The first-order valence-electron chi connectivity index (χ1n) is 5.01. The summed E-state index contributed by atoms with van der Waals surface area (Å²) in [5.74, 6) is 0.439. The van der Waals surface area contributed by atoms with E-state index in [4.69, 9.17) is 13.8 Å². The van der Waals surface area contributed by atoms with Crippen LogP contribution in [0.5, 0.6) is 0 Å². The lowest BCUT2D eigenvalue weighted by Crippen LogP contribution is -2.23. The standard InChI is InChI=1S/C8H18BO5P/c1-12-15(11,13-2)5-14-8-4-6(9)3-7(8)10/h6-8,10H,3-5,9H2,1-2H3. The molecular weight excluding hydrogens is 218 g/mol. The predicted molar refractivity (Wildman–Crippen MR) is 58.9 cm³/mol. The maximum absolute atomic E-state index is 11.6. The van der Waals surface area contributed by atoms with Gasteiger partial charge in [0.05, 0.1) is 12.2 Å². The van der Waals surface area contributed by atoms with Crippen molar-refractivity contribution >= 4 is 15.4 Å². The van der Waals surface area contributed by atoms with Gasteiger partial charge in [0.1, 0.15) is 14.2 Å². The first kappa shape index (κ1) is 13.2. The van der Waals surface area contributed by atoms with Gasteiger partial charge in [-0.25, -0.2) is 0 Å². The van der Waals surface area contributed by atoms with Gasteiger partial charge in [-0.05, 0) is 12.8 Å². The molecule has 0 bridgehead atoms. The molecule has 5 nitrogen and oxygen atoms in total. The van der Waals surface area contributed by atoms with Gasteiger partial charge in [0.25, 0.3) is 0 Å². The molecule has 3 atom stereocenters. The maximum atomic E-state index is 11.6. The Labute approximate surface area is 91.0 Å². The quantitative estimate of drug-likeness (QED) is 0.552. The zero-order chi connectivity index (χ0) is 11.5. The monoisotopic (exact) mass is 236 g/mol. The number of aliphatic hydroxyl groups is 1. The maximum Gasteiger partial charge on any atom is 0.355 e. The first-order chi connectivity index (χ1) is 7.00. The Kier molecular flexibility index (Phi) is 4.80. The van der Waals surface area contributed by atoms with Gasteiger partial charge in [-0.3, -0.25) is 4.57 Å². The van der Waals surface area contributed by atoms with Crippen LogP contribution in [0.3, 0.4) is 0 Å². The van der Waals surface area contributed by atoms with Gasteiger partial charge < -0.3 is 18.9 Å². The Hall–Kier alpha value is 0.135. The van der Waals surface area contributed by atoms with Crippen molar-refractivity contribution in [2.24, 2.45) is 0 Å². The molecule has 1 aliphatic carbocycles. The van der Waals surface area contributed by atoms with Crippen molar-refractivity contribution in [3.8, 4) is 0 Å². The molecule has 1 rings (SSSR count). The summed E-state index contributed by atoms with van der Waals surface area (Å²) in [5, 5.41) is 9.61. The topological polar surface area (TPSA) is 65.0 Å². The molecule has 1 N–H and O–H groups in total. The summed E-state index contributed by atoms with van der Waals surface area (Å²) in [6, 6.07) is 0. The van der Waals surface area contributed by atoms with Crippen LogP contribution in [0.1, 0.15) is 12.8 Å². The summed E-state index contributed by atoms with van der Waals surface area (Å²) in [4.78, 5) is 0. The summed E-state index contributed by atoms with van der Waals surface area (Å²) in [6.45, 7) is 0. The van der Waals surface area contributed by atoms with Gasteiger partial charge in [0, 0.05) is 14.2 Å². The Balaban J connectivity index is 2.40. The molecule has 0 radical (unpaired) electrons. The normalized spacial score (nSPS) is 32.1. The van der Waals surface area contributed by atoms with E-state index < -0.39 is 13.7 Å². The molecule has 0 amide bonds. The Morgan fingerprint density at radius 1 is 1.40 bits per heavy atom. The number of ether oxygens (including phenoxy) is 1. The van der Waals surface area contributed by atoms with Crippen molar-refractivity contribution in [2.75, 3.05) is 20.6 Å². The summed E-state index contributed by atoms with van der Waals surface area (Å²) in [6.07, 6.45) is 0.693. The fraction of sp³-hybridized carbons (Fsp3) is 1.00. The molecule has 3 unspecified atom stereocenters. The third-order valence-corrected chi connectivity index (χ3v) is 4.29. The number of rotatable bonds is 5. The van der Waals surface area contributed by atoms with Crippen molar-refractivity contribution in [3.63, 3.8) is 0 Å². The molecule has 15 heavy (non-hydrogen) atoms. The largest absolute Gasteiger partial charge is 0.390 e. The molecule has 0 aliphatic heterocycles. The molecule has 7 heteroatoms. The van der Waals surface area contributed by atoms with E-state index in [-0.39, 0.29) is 12.5 Å². The van der Waals surface area contributed by atoms with E-state index in [1.807, 2.05) is 0 Å². The molecular formula is C8H18BO5P. The van der Waals surface area contributed by atoms with Gasteiger partial charge in [-0.1, -0.05) is 5.82 Å². The molecule has 0 spiro atoms. The third-order valence-electron chi connectivity index (χ3n) is 2.71.